The van der Waals surface area contributed by atoms with Crippen molar-refractivity contribution >= 4 is 5.69 Å². The normalized spacial score (nSPS) is 11.3. The summed E-state index contributed by atoms with van der Waals surface area (Å²) < 4.78 is 65.0. The number of nitrogens with one attached hydrogen (secondary N) is 1. The number of anilines is 1. The molecule has 0 radical (unpaired) electrons. The monoisotopic (exact) mass is 306 g/mol. The van der Waals surface area contributed by atoms with E-state index in [-0.39, 0.29) is 11.4 Å². The zero-order valence-electron chi connectivity index (χ0n) is 9.50. The van der Waals surface area contributed by atoms with Gasteiger partial charge in [0.2, 0.25) is 0 Å². The number of hydrogen-bond donors (Lipinski definition) is 2. The number of hydrogen-bond acceptors (Lipinski definition) is 3. The minimum atomic E-state index is -5.14. The van der Waals surface area contributed by atoms with Gasteiger partial charge >= 0.3 is 12.4 Å². The molecule has 11 heteroatoms. The molecule has 0 saturated heterocycles. The summed E-state index contributed by atoms with van der Waals surface area (Å²) in [4.78, 5) is 9.90. The lowest BCUT2D eigenvalue weighted by molar-refractivity contribution is -0.445. The van der Waals surface area contributed by atoms with Gasteiger partial charge in [-0.15, -0.1) is 5.43 Å². The summed E-state index contributed by atoms with van der Waals surface area (Å²) in [5, 5.41) is 18.2. The largest absolute Gasteiger partial charge is 0.506 e. The van der Waals surface area contributed by atoms with E-state index in [1.807, 2.05) is 5.43 Å². The van der Waals surface area contributed by atoms with Gasteiger partial charge in [-0.05, 0) is 12.1 Å². The molecule has 2 N–H and O–H groups in total. The zero-order valence-corrected chi connectivity index (χ0v) is 9.50. The predicted octanol–water partition coefficient (Wildman–Crippen LogP) is 3.50. The highest BCUT2D eigenvalue weighted by atomic mass is 19.4. The molecule has 1 aromatic rings. The zero-order chi connectivity index (χ0) is 16.0. The maximum atomic E-state index is 10.8. The van der Waals surface area contributed by atoms with Crippen LogP contribution in [-0.2, 0) is 0 Å². The minimum Gasteiger partial charge on any atom is -0.506 e. The van der Waals surface area contributed by atoms with E-state index >= 15 is 0 Å². The van der Waals surface area contributed by atoms with Crippen molar-refractivity contribution < 1.29 is 36.5 Å². The summed E-state index contributed by atoms with van der Waals surface area (Å²) in [6.07, 6.45) is -13.0. The lowest BCUT2D eigenvalue weighted by Crippen LogP contribution is -2.20. The number of hydrazine groups is 1. The summed E-state index contributed by atoms with van der Waals surface area (Å²) in [7, 11) is 0. The van der Waals surface area contributed by atoms with Crippen molar-refractivity contribution in [1.29, 1.82) is 0 Å². The Morgan fingerprint density at radius 1 is 1.10 bits per heavy atom. The van der Waals surface area contributed by atoms with Crippen LogP contribution >= 0.6 is 0 Å². The number of halogens is 6. The molecule has 0 unspecified atom stereocenters. The van der Waals surface area contributed by atoms with Crippen molar-refractivity contribution in [2.45, 2.75) is 18.8 Å². The SMILES string of the molecule is FC(F)(F)CC(F)(F)F.O=[N+]([O-])Nc1ccccc1O. The van der Waals surface area contributed by atoms with Gasteiger partial charge in [0, 0.05) is 0 Å². The van der Waals surface area contributed by atoms with Crippen LogP contribution in [0.4, 0.5) is 32.0 Å². The quantitative estimate of drug-likeness (QED) is 0.379. The summed E-state index contributed by atoms with van der Waals surface area (Å²) in [5.74, 6) is -0.135. The lowest BCUT2D eigenvalue weighted by Gasteiger charge is -2.08. The highest BCUT2D eigenvalue weighted by Crippen LogP contribution is 2.31. The first-order valence-electron chi connectivity index (χ1n) is 4.73. The van der Waals surface area contributed by atoms with Gasteiger partial charge in [0.1, 0.15) is 17.9 Å². The average molecular weight is 306 g/mol. The molecule has 1 aromatic carbocycles. The molecule has 20 heavy (non-hydrogen) atoms. The number of alkyl halides is 6. The maximum Gasteiger partial charge on any atom is 0.397 e. The number of aromatic hydroxyl groups is 1. The van der Waals surface area contributed by atoms with Crippen molar-refractivity contribution in [3.63, 3.8) is 0 Å². The molecular formula is C9H8F6N2O3. The van der Waals surface area contributed by atoms with Gasteiger partial charge in [0.15, 0.2) is 5.03 Å². The highest BCUT2D eigenvalue weighted by Gasteiger charge is 2.43. The molecule has 114 valence electrons. The van der Waals surface area contributed by atoms with Crippen molar-refractivity contribution in [3.8, 4) is 5.75 Å². The van der Waals surface area contributed by atoms with Gasteiger partial charge < -0.3 is 5.11 Å². The molecule has 0 aliphatic carbocycles. The number of nitro groups is 1. The van der Waals surface area contributed by atoms with E-state index in [9.17, 15) is 36.5 Å². The van der Waals surface area contributed by atoms with Gasteiger partial charge in [0.25, 0.3) is 0 Å². The minimum absolute atomic E-state index is 0.0949. The Morgan fingerprint density at radius 3 is 1.85 bits per heavy atom. The van der Waals surface area contributed by atoms with E-state index in [4.69, 9.17) is 5.11 Å². The van der Waals surface area contributed by atoms with Crippen LogP contribution in [0.1, 0.15) is 6.42 Å². The Kier molecular flexibility index (Phi) is 6.07. The van der Waals surface area contributed by atoms with Crippen LogP contribution < -0.4 is 5.43 Å². The van der Waals surface area contributed by atoms with E-state index < -0.39 is 23.8 Å². The smallest absolute Gasteiger partial charge is 0.397 e. The molecule has 5 nitrogen and oxygen atoms in total. The van der Waals surface area contributed by atoms with E-state index in [0.29, 0.717) is 0 Å². The van der Waals surface area contributed by atoms with Crippen molar-refractivity contribution in [2.24, 2.45) is 0 Å². The first-order valence-corrected chi connectivity index (χ1v) is 4.73. The van der Waals surface area contributed by atoms with Crippen molar-refractivity contribution in [1.82, 2.24) is 0 Å². The Bertz CT molecular complexity index is 434. The van der Waals surface area contributed by atoms with Crippen molar-refractivity contribution in [2.75, 3.05) is 5.43 Å². The standard InChI is InChI=1S/C6H6N2O3.C3H2F6/c9-6-4-2-1-3-5(6)7-8(10)11;4-2(5,6)1-3(7,8)9/h1-4,7,9H;1H2. The Morgan fingerprint density at radius 2 is 1.55 bits per heavy atom. The van der Waals surface area contributed by atoms with Crippen LogP contribution in [0.25, 0.3) is 0 Å². The molecule has 0 aliphatic rings. The fraction of sp³-hybridized carbons (Fsp3) is 0.333. The van der Waals surface area contributed by atoms with Gasteiger partial charge in [0.05, 0.1) is 0 Å². The number of rotatable bonds is 2. The Labute approximate surface area is 107 Å². The molecule has 0 heterocycles. The predicted molar refractivity (Wildman–Crippen MR) is 55.5 cm³/mol. The molecule has 1 rings (SSSR count). The van der Waals surface area contributed by atoms with Crippen LogP contribution in [0.5, 0.6) is 5.75 Å². The highest BCUT2D eigenvalue weighted by molar-refractivity contribution is 5.53. The third-order valence-electron chi connectivity index (χ3n) is 1.52. The van der Waals surface area contributed by atoms with Crippen LogP contribution in [0.15, 0.2) is 24.3 Å². The Balaban J connectivity index is 0.000000370. The molecule has 0 fully saturated rings. The number of phenolic OH excluding ortho intramolecular Hbond substituents is 1. The molecule has 0 saturated carbocycles. The third-order valence-corrected chi connectivity index (χ3v) is 1.52. The van der Waals surface area contributed by atoms with Crippen LogP contribution in [0.3, 0.4) is 0 Å². The second kappa shape index (κ2) is 6.82. The second-order valence-electron chi connectivity index (χ2n) is 3.29. The summed E-state index contributed by atoms with van der Waals surface area (Å²) in [5.41, 5.74) is 1.94. The van der Waals surface area contributed by atoms with E-state index in [1.54, 1.807) is 12.1 Å². The van der Waals surface area contributed by atoms with Gasteiger partial charge in [-0.25, -0.2) is 10.1 Å². The summed E-state index contributed by atoms with van der Waals surface area (Å²) >= 11 is 0. The van der Waals surface area contributed by atoms with E-state index in [2.05, 4.69) is 0 Å². The van der Waals surface area contributed by atoms with E-state index in [0.717, 1.165) is 0 Å². The van der Waals surface area contributed by atoms with Crippen LogP contribution in [0, 0.1) is 10.1 Å². The van der Waals surface area contributed by atoms with Crippen LogP contribution in [-0.4, -0.2) is 22.5 Å². The molecule has 0 bridgehead atoms. The third kappa shape index (κ3) is 9.79. The molecule has 0 amide bonds. The molecule has 0 aliphatic heterocycles. The number of phenols is 1. The first-order chi connectivity index (χ1) is 8.91. The average Bonchev–Trinajstić information content (AvgIpc) is 2.16. The second-order valence-corrected chi connectivity index (χ2v) is 3.29. The van der Waals surface area contributed by atoms with Gasteiger partial charge in [-0.2, -0.15) is 26.3 Å². The summed E-state index contributed by atoms with van der Waals surface area (Å²) in [6, 6.07) is 5.95. The number of para-hydroxylation sites is 2. The fourth-order valence-electron chi connectivity index (χ4n) is 0.894. The molecule has 0 atom stereocenters. The maximum absolute atomic E-state index is 10.8. The van der Waals surface area contributed by atoms with Crippen LogP contribution in [0.2, 0.25) is 0 Å². The van der Waals surface area contributed by atoms with Crippen molar-refractivity contribution in [3.05, 3.63) is 34.4 Å². The van der Waals surface area contributed by atoms with Gasteiger partial charge in [-0.1, -0.05) is 12.1 Å². The fourth-order valence-corrected chi connectivity index (χ4v) is 0.894. The van der Waals surface area contributed by atoms with E-state index in [1.165, 1.54) is 12.1 Å². The molecule has 0 aromatic heterocycles. The lowest BCUT2D eigenvalue weighted by atomic mass is 10.3. The number of nitrogens with zero attached hydrogens (tertiary/aromatic N) is 1. The molecule has 0 spiro atoms. The number of benzene rings is 1. The molecular weight excluding hydrogens is 298 g/mol. The van der Waals surface area contributed by atoms with Gasteiger partial charge in [-0.3, -0.25) is 0 Å². The first kappa shape index (κ1) is 17.8. The Hall–Kier alpha value is -2.20. The topological polar surface area (TPSA) is 75.4 Å². The summed E-state index contributed by atoms with van der Waals surface area (Å²) in [6.45, 7) is 0.